The SMILES string of the molecule is CC(C)(C)OC(=O)N1CCCC(NCCc2ncc[nH]2)C1. The van der Waals surface area contributed by atoms with Crippen molar-refractivity contribution in [3.05, 3.63) is 18.2 Å². The van der Waals surface area contributed by atoms with Gasteiger partial charge < -0.3 is 19.9 Å². The quantitative estimate of drug-likeness (QED) is 0.890. The highest BCUT2D eigenvalue weighted by atomic mass is 16.6. The molecule has 1 aromatic heterocycles. The molecule has 118 valence electrons. The topological polar surface area (TPSA) is 70.2 Å². The summed E-state index contributed by atoms with van der Waals surface area (Å²) in [7, 11) is 0. The molecule has 0 aliphatic carbocycles. The Balaban J connectivity index is 1.74. The van der Waals surface area contributed by atoms with Gasteiger partial charge in [-0.05, 0) is 33.6 Å². The van der Waals surface area contributed by atoms with Crippen LogP contribution in [0, 0.1) is 0 Å². The van der Waals surface area contributed by atoms with Gasteiger partial charge in [0.05, 0.1) is 0 Å². The van der Waals surface area contributed by atoms with Crippen LogP contribution in [0.5, 0.6) is 0 Å². The summed E-state index contributed by atoms with van der Waals surface area (Å²) in [6.45, 7) is 8.05. The largest absolute Gasteiger partial charge is 0.444 e. The molecular weight excluding hydrogens is 268 g/mol. The molecule has 1 fully saturated rings. The van der Waals surface area contributed by atoms with Gasteiger partial charge in [0.15, 0.2) is 0 Å². The lowest BCUT2D eigenvalue weighted by atomic mass is 10.1. The normalized spacial score (nSPS) is 19.6. The number of H-pyrrole nitrogens is 1. The Morgan fingerprint density at radius 1 is 1.57 bits per heavy atom. The van der Waals surface area contributed by atoms with Crippen LogP contribution in [-0.4, -0.2) is 52.2 Å². The van der Waals surface area contributed by atoms with Crippen molar-refractivity contribution < 1.29 is 9.53 Å². The lowest BCUT2D eigenvalue weighted by Gasteiger charge is -2.34. The summed E-state index contributed by atoms with van der Waals surface area (Å²) in [5, 5.41) is 3.50. The van der Waals surface area contributed by atoms with Crippen LogP contribution >= 0.6 is 0 Å². The highest BCUT2D eigenvalue weighted by Gasteiger charge is 2.27. The van der Waals surface area contributed by atoms with Gasteiger partial charge in [0.2, 0.25) is 0 Å². The number of likely N-dealkylation sites (tertiary alicyclic amines) is 1. The zero-order chi connectivity index (χ0) is 15.3. The lowest BCUT2D eigenvalue weighted by Crippen LogP contribution is -2.49. The van der Waals surface area contributed by atoms with E-state index >= 15 is 0 Å². The number of nitrogens with one attached hydrogen (secondary N) is 2. The molecule has 0 aromatic carbocycles. The van der Waals surface area contributed by atoms with E-state index in [0.29, 0.717) is 12.6 Å². The number of ether oxygens (including phenoxy) is 1. The van der Waals surface area contributed by atoms with Crippen LogP contribution in [0.3, 0.4) is 0 Å². The van der Waals surface area contributed by atoms with Crippen molar-refractivity contribution >= 4 is 6.09 Å². The maximum Gasteiger partial charge on any atom is 0.410 e. The minimum atomic E-state index is -0.434. The van der Waals surface area contributed by atoms with Crippen molar-refractivity contribution in [2.45, 2.75) is 51.7 Å². The summed E-state index contributed by atoms with van der Waals surface area (Å²) in [5.41, 5.74) is -0.434. The average molecular weight is 294 g/mol. The molecule has 2 rings (SSSR count). The number of hydrogen-bond acceptors (Lipinski definition) is 4. The highest BCUT2D eigenvalue weighted by Crippen LogP contribution is 2.15. The Hall–Kier alpha value is -1.56. The number of hydrogen-bond donors (Lipinski definition) is 2. The van der Waals surface area contributed by atoms with Crippen LogP contribution in [-0.2, 0) is 11.2 Å². The molecule has 21 heavy (non-hydrogen) atoms. The number of aromatic nitrogens is 2. The Bertz CT molecular complexity index is 439. The first-order chi connectivity index (χ1) is 9.94. The third kappa shape index (κ3) is 5.38. The van der Waals surface area contributed by atoms with Gasteiger partial charge in [-0.3, -0.25) is 0 Å². The van der Waals surface area contributed by atoms with Gasteiger partial charge >= 0.3 is 6.09 Å². The predicted octanol–water partition coefficient (Wildman–Crippen LogP) is 1.94. The van der Waals surface area contributed by atoms with Gasteiger partial charge in [-0.25, -0.2) is 9.78 Å². The summed E-state index contributed by atoms with van der Waals surface area (Å²) >= 11 is 0. The summed E-state index contributed by atoms with van der Waals surface area (Å²) in [5.74, 6) is 0.988. The second-order valence-electron chi connectivity index (χ2n) is 6.51. The molecule has 0 spiro atoms. The molecule has 0 radical (unpaired) electrons. The van der Waals surface area contributed by atoms with E-state index in [4.69, 9.17) is 4.74 Å². The van der Waals surface area contributed by atoms with Crippen LogP contribution in [0.15, 0.2) is 12.4 Å². The van der Waals surface area contributed by atoms with Crippen molar-refractivity contribution in [3.8, 4) is 0 Å². The van der Waals surface area contributed by atoms with E-state index in [1.807, 2.05) is 27.0 Å². The summed E-state index contributed by atoms with van der Waals surface area (Å²) in [6, 6.07) is 0.334. The van der Waals surface area contributed by atoms with Gasteiger partial charge in [0.25, 0.3) is 0 Å². The molecule has 0 saturated carbocycles. The van der Waals surface area contributed by atoms with Crippen LogP contribution in [0.25, 0.3) is 0 Å². The molecule has 1 aliphatic heterocycles. The fraction of sp³-hybridized carbons (Fsp3) is 0.733. The molecule has 6 nitrogen and oxygen atoms in total. The van der Waals surface area contributed by atoms with Crippen molar-refractivity contribution in [1.82, 2.24) is 20.2 Å². The Kier molecular flexibility index (Phi) is 5.22. The molecule has 2 heterocycles. The van der Waals surface area contributed by atoms with Gasteiger partial charge in [-0.2, -0.15) is 0 Å². The van der Waals surface area contributed by atoms with Crippen molar-refractivity contribution in [2.75, 3.05) is 19.6 Å². The summed E-state index contributed by atoms with van der Waals surface area (Å²) < 4.78 is 5.43. The molecule has 1 saturated heterocycles. The molecule has 1 atom stereocenters. The van der Waals surface area contributed by atoms with Gasteiger partial charge in [0.1, 0.15) is 11.4 Å². The van der Waals surface area contributed by atoms with Crippen LogP contribution in [0.2, 0.25) is 0 Å². The molecule has 1 unspecified atom stereocenters. The fourth-order valence-electron chi connectivity index (χ4n) is 2.47. The third-order valence-electron chi connectivity index (χ3n) is 3.42. The van der Waals surface area contributed by atoms with Crippen LogP contribution in [0.1, 0.15) is 39.4 Å². The smallest absolute Gasteiger partial charge is 0.410 e. The van der Waals surface area contributed by atoms with Gasteiger partial charge in [0, 0.05) is 44.5 Å². The van der Waals surface area contributed by atoms with E-state index < -0.39 is 5.60 Å². The van der Waals surface area contributed by atoms with E-state index in [1.165, 1.54) is 0 Å². The molecule has 6 heteroatoms. The van der Waals surface area contributed by atoms with E-state index in [0.717, 1.165) is 38.2 Å². The summed E-state index contributed by atoms with van der Waals surface area (Å²) in [4.78, 5) is 21.2. The highest BCUT2D eigenvalue weighted by molar-refractivity contribution is 5.68. The number of piperidine rings is 1. The molecule has 2 N–H and O–H groups in total. The third-order valence-corrected chi connectivity index (χ3v) is 3.42. The zero-order valence-corrected chi connectivity index (χ0v) is 13.2. The van der Waals surface area contributed by atoms with Crippen LogP contribution in [0.4, 0.5) is 4.79 Å². The molecule has 1 amide bonds. The van der Waals surface area contributed by atoms with Gasteiger partial charge in [-0.15, -0.1) is 0 Å². The maximum atomic E-state index is 12.1. The van der Waals surface area contributed by atoms with E-state index in [2.05, 4.69) is 15.3 Å². The Labute approximate surface area is 126 Å². The first-order valence-corrected chi connectivity index (χ1v) is 7.63. The number of carbonyl (C=O) groups excluding carboxylic acids is 1. The van der Waals surface area contributed by atoms with Crippen molar-refractivity contribution in [2.24, 2.45) is 0 Å². The lowest BCUT2D eigenvalue weighted by molar-refractivity contribution is 0.0188. The second-order valence-corrected chi connectivity index (χ2v) is 6.51. The number of nitrogens with zero attached hydrogens (tertiary/aromatic N) is 2. The van der Waals surface area contributed by atoms with Crippen molar-refractivity contribution in [3.63, 3.8) is 0 Å². The minimum Gasteiger partial charge on any atom is -0.444 e. The summed E-state index contributed by atoms with van der Waals surface area (Å²) in [6.07, 6.45) is 6.37. The second kappa shape index (κ2) is 6.93. The zero-order valence-electron chi connectivity index (χ0n) is 13.2. The maximum absolute atomic E-state index is 12.1. The first-order valence-electron chi connectivity index (χ1n) is 7.63. The van der Waals surface area contributed by atoms with E-state index in [1.54, 1.807) is 11.1 Å². The number of amides is 1. The monoisotopic (exact) mass is 294 g/mol. The van der Waals surface area contributed by atoms with E-state index in [-0.39, 0.29) is 6.09 Å². The number of imidazole rings is 1. The van der Waals surface area contributed by atoms with Crippen molar-refractivity contribution in [1.29, 1.82) is 0 Å². The molecule has 0 bridgehead atoms. The molecular formula is C15H26N4O2. The number of rotatable bonds is 4. The number of carbonyl (C=O) groups is 1. The number of aromatic amines is 1. The molecule has 1 aromatic rings. The first kappa shape index (κ1) is 15.8. The van der Waals surface area contributed by atoms with E-state index in [9.17, 15) is 4.79 Å². The Morgan fingerprint density at radius 2 is 2.38 bits per heavy atom. The van der Waals surface area contributed by atoms with Gasteiger partial charge in [-0.1, -0.05) is 0 Å². The Morgan fingerprint density at radius 3 is 3.05 bits per heavy atom. The predicted molar refractivity (Wildman–Crippen MR) is 81.1 cm³/mol. The standard InChI is InChI=1S/C15H26N4O2/c1-15(2,3)21-14(20)19-10-4-5-12(11-19)16-7-6-13-17-8-9-18-13/h8-9,12,16H,4-7,10-11H2,1-3H3,(H,17,18). The average Bonchev–Trinajstić information content (AvgIpc) is 2.90. The van der Waals surface area contributed by atoms with Crippen LogP contribution < -0.4 is 5.32 Å². The minimum absolute atomic E-state index is 0.208. The molecule has 1 aliphatic rings. The fourth-order valence-corrected chi connectivity index (χ4v) is 2.47.